The Morgan fingerprint density at radius 1 is 1.57 bits per heavy atom. The number of hydrogen-bond donors (Lipinski definition) is 2. The average molecular weight is 200 g/mol. The molecular formula is C10H20N2O2. The quantitative estimate of drug-likeness (QED) is 0.720. The van der Waals surface area contributed by atoms with Crippen LogP contribution in [0.25, 0.3) is 0 Å². The molecule has 2 atom stereocenters. The Morgan fingerprint density at radius 2 is 2.29 bits per heavy atom. The van der Waals surface area contributed by atoms with Crippen LogP contribution in [0, 0.1) is 5.92 Å². The highest BCUT2D eigenvalue weighted by Crippen LogP contribution is 2.22. The lowest BCUT2D eigenvalue weighted by atomic mass is 10.1. The van der Waals surface area contributed by atoms with Crippen LogP contribution in [0.3, 0.4) is 0 Å². The summed E-state index contributed by atoms with van der Waals surface area (Å²) in [6.07, 6.45) is 2.97. The van der Waals surface area contributed by atoms with Gasteiger partial charge < -0.3 is 15.8 Å². The first-order chi connectivity index (χ1) is 6.59. The van der Waals surface area contributed by atoms with Gasteiger partial charge in [-0.15, -0.1) is 0 Å². The molecule has 1 aliphatic carbocycles. The topological polar surface area (TPSA) is 64.3 Å². The van der Waals surface area contributed by atoms with Crippen molar-refractivity contribution in [2.24, 2.45) is 11.7 Å². The number of carbonyl (C=O) groups excluding carboxylic acids is 1. The average Bonchev–Trinajstić information content (AvgIpc) is 2.46. The summed E-state index contributed by atoms with van der Waals surface area (Å²) < 4.78 is 4.95. The van der Waals surface area contributed by atoms with Crippen LogP contribution in [0.4, 0.5) is 4.79 Å². The molecule has 3 N–H and O–H groups in total. The first-order valence-corrected chi connectivity index (χ1v) is 5.29. The second-order valence-corrected chi connectivity index (χ2v) is 4.19. The van der Waals surface area contributed by atoms with E-state index in [0.29, 0.717) is 12.5 Å². The molecule has 1 fully saturated rings. The van der Waals surface area contributed by atoms with Crippen LogP contribution in [-0.4, -0.2) is 24.8 Å². The molecule has 1 aliphatic rings. The van der Waals surface area contributed by atoms with Gasteiger partial charge in [-0.25, -0.2) is 4.79 Å². The lowest BCUT2D eigenvalue weighted by Crippen LogP contribution is -2.36. The minimum Gasteiger partial charge on any atom is -0.447 e. The van der Waals surface area contributed by atoms with Crippen molar-refractivity contribution >= 4 is 6.09 Å². The first kappa shape index (κ1) is 11.3. The van der Waals surface area contributed by atoms with Crippen LogP contribution in [-0.2, 0) is 4.74 Å². The van der Waals surface area contributed by atoms with Crippen molar-refractivity contribution in [3.05, 3.63) is 0 Å². The number of alkyl carbamates (subject to hydrolysis) is 1. The van der Waals surface area contributed by atoms with Gasteiger partial charge >= 0.3 is 6.09 Å². The van der Waals surface area contributed by atoms with Crippen molar-refractivity contribution in [3.63, 3.8) is 0 Å². The summed E-state index contributed by atoms with van der Waals surface area (Å²) in [4.78, 5) is 11.1. The molecule has 0 aromatic heterocycles. The third-order valence-electron chi connectivity index (χ3n) is 2.57. The Hall–Kier alpha value is -0.770. The molecule has 0 aromatic rings. The van der Waals surface area contributed by atoms with E-state index in [1.165, 1.54) is 6.42 Å². The van der Waals surface area contributed by atoms with Crippen molar-refractivity contribution in [1.82, 2.24) is 5.32 Å². The van der Waals surface area contributed by atoms with Gasteiger partial charge in [0.15, 0.2) is 0 Å². The molecule has 0 aliphatic heterocycles. The van der Waals surface area contributed by atoms with Gasteiger partial charge in [0.1, 0.15) is 0 Å². The fraction of sp³-hybridized carbons (Fsp3) is 0.900. The molecule has 0 aromatic carbocycles. The molecule has 0 spiro atoms. The molecule has 0 heterocycles. The Balaban J connectivity index is 2.16. The number of ether oxygens (including phenoxy) is 1. The zero-order valence-corrected chi connectivity index (χ0v) is 8.95. The lowest BCUT2D eigenvalue weighted by molar-refractivity contribution is 0.114. The fourth-order valence-electron chi connectivity index (χ4n) is 1.79. The van der Waals surface area contributed by atoms with Crippen molar-refractivity contribution < 1.29 is 9.53 Å². The van der Waals surface area contributed by atoms with E-state index in [-0.39, 0.29) is 18.2 Å². The van der Waals surface area contributed by atoms with Crippen molar-refractivity contribution in [2.75, 3.05) is 6.54 Å². The van der Waals surface area contributed by atoms with E-state index >= 15 is 0 Å². The van der Waals surface area contributed by atoms with Gasteiger partial charge in [0.2, 0.25) is 0 Å². The number of amides is 1. The van der Waals surface area contributed by atoms with Crippen molar-refractivity contribution in [1.29, 1.82) is 0 Å². The summed E-state index contributed by atoms with van der Waals surface area (Å²) in [5.74, 6) is 0.426. The second-order valence-electron chi connectivity index (χ2n) is 4.19. The summed E-state index contributed by atoms with van der Waals surface area (Å²) in [5, 5.41) is 2.75. The Morgan fingerprint density at radius 3 is 2.79 bits per heavy atom. The molecule has 82 valence electrons. The zero-order chi connectivity index (χ0) is 10.6. The molecule has 0 saturated heterocycles. The third-order valence-corrected chi connectivity index (χ3v) is 2.57. The highest BCUT2D eigenvalue weighted by molar-refractivity contribution is 5.67. The molecule has 2 unspecified atom stereocenters. The van der Waals surface area contributed by atoms with Gasteiger partial charge in [0.25, 0.3) is 0 Å². The maximum Gasteiger partial charge on any atom is 0.407 e. The Labute approximate surface area is 85.2 Å². The number of hydrogen-bond acceptors (Lipinski definition) is 3. The van der Waals surface area contributed by atoms with E-state index in [4.69, 9.17) is 10.5 Å². The fourth-order valence-corrected chi connectivity index (χ4v) is 1.79. The number of nitrogens with one attached hydrogen (secondary N) is 1. The number of rotatable bonds is 3. The van der Waals surface area contributed by atoms with Crippen LogP contribution in [0.1, 0.15) is 33.1 Å². The van der Waals surface area contributed by atoms with Gasteiger partial charge in [0.05, 0.1) is 6.10 Å². The van der Waals surface area contributed by atoms with Gasteiger partial charge in [0, 0.05) is 12.6 Å². The summed E-state index contributed by atoms with van der Waals surface area (Å²) in [7, 11) is 0. The Kier molecular flexibility index (Phi) is 4.20. The summed E-state index contributed by atoms with van der Waals surface area (Å²) in [6.45, 7) is 4.31. The summed E-state index contributed by atoms with van der Waals surface area (Å²) in [5.41, 5.74) is 5.87. The van der Waals surface area contributed by atoms with Crippen LogP contribution in [0.2, 0.25) is 0 Å². The molecule has 4 nitrogen and oxygen atoms in total. The van der Waals surface area contributed by atoms with Crippen molar-refractivity contribution in [3.8, 4) is 0 Å². The monoisotopic (exact) mass is 200 g/mol. The molecule has 1 amide bonds. The molecule has 0 bridgehead atoms. The van der Waals surface area contributed by atoms with E-state index in [2.05, 4.69) is 5.32 Å². The molecule has 1 saturated carbocycles. The van der Waals surface area contributed by atoms with Gasteiger partial charge in [-0.2, -0.15) is 0 Å². The first-order valence-electron chi connectivity index (χ1n) is 5.29. The van der Waals surface area contributed by atoms with E-state index in [0.717, 1.165) is 12.8 Å². The molecule has 4 heteroatoms. The minimum absolute atomic E-state index is 0.0627. The molecule has 14 heavy (non-hydrogen) atoms. The Bertz CT molecular complexity index is 195. The smallest absolute Gasteiger partial charge is 0.407 e. The largest absolute Gasteiger partial charge is 0.447 e. The zero-order valence-electron chi connectivity index (χ0n) is 8.95. The van der Waals surface area contributed by atoms with E-state index in [1.807, 2.05) is 13.8 Å². The predicted molar refractivity (Wildman–Crippen MR) is 54.9 cm³/mol. The van der Waals surface area contributed by atoms with Crippen LogP contribution >= 0.6 is 0 Å². The van der Waals surface area contributed by atoms with Crippen LogP contribution in [0.15, 0.2) is 0 Å². The third kappa shape index (κ3) is 3.54. The predicted octanol–water partition coefficient (Wildman–Crippen LogP) is 1.25. The van der Waals surface area contributed by atoms with Crippen LogP contribution < -0.4 is 11.1 Å². The van der Waals surface area contributed by atoms with Crippen molar-refractivity contribution in [2.45, 2.75) is 45.3 Å². The van der Waals surface area contributed by atoms with E-state index in [9.17, 15) is 4.79 Å². The van der Waals surface area contributed by atoms with E-state index in [1.54, 1.807) is 0 Å². The van der Waals surface area contributed by atoms with E-state index < -0.39 is 0 Å². The minimum atomic E-state index is -0.334. The standard InChI is InChI=1S/C10H20N2O2/c1-7(2)14-10(13)12-6-8-4-3-5-9(8)11/h7-9H,3-6,11H2,1-2H3,(H,12,13). The molecular weight excluding hydrogens is 180 g/mol. The maximum atomic E-state index is 11.1. The normalized spacial score (nSPS) is 26.6. The van der Waals surface area contributed by atoms with Gasteiger partial charge in [-0.3, -0.25) is 0 Å². The summed E-state index contributed by atoms with van der Waals surface area (Å²) >= 11 is 0. The maximum absolute atomic E-state index is 11.1. The number of carbonyl (C=O) groups is 1. The SMILES string of the molecule is CC(C)OC(=O)NCC1CCCC1N. The van der Waals surface area contributed by atoms with Crippen LogP contribution in [0.5, 0.6) is 0 Å². The second kappa shape index (κ2) is 5.20. The highest BCUT2D eigenvalue weighted by atomic mass is 16.6. The van der Waals surface area contributed by atoms with Gasteiger partial charge in [-0.05, 0) is 32.6 Å². The highest BCUT2D eigenvalue weighted by Gasteiger charge is 2.24. The molecule has 0 radical (unpaired) electrons. The number of nitrogens with two attached hydrogens (primary N) is 1. The molecule has 1 rings (SSSR count). The summed E-state index contributed by atoms with van der Waals surface area (Å²) in [6, 6.07) is 0.245. The van der Waals surface area contributed by atoms with Gasteiger partial charge in [-0.1, -0.05) is 6.42 Å². The lowest BCUT2D eigenvalue weighted by Gasteiger charge is -2.16.